The molecule has 0 atom stereocenters. The number of aryl methyl sites for hydroxylation is 2. The zero-order valence-electron chi connectivity index (χ0n) is 13.9. The van der Waals surface area contributed by atoms with Gasteiger partial charge in [0, 0.05) is 5.69 Å². The summed E-state index contributed by atoms with van der Waals surface area (Å²) >= 11 is 0. The van der Waals surface area contributed by atoms with E-state index in [4.69, 9.17) is 0 Å². The first-order valence-corrected chi connectivity index (χ1v) is 7.76. The summed E-state index contributed by atoms with van der Waals surface area (Å²) in [5, 5.41) is 5.68. The zero-order chi connectivity index (χ0) is 17.8. The fraction of sp³-hybridized carbons (Fsp3) is 0.105. The Balaban J connectivity index is 1.74. The number of aromatic nitrogens is 2. The minimum absolute atomic E-state index is 0.182. The number of nitrogens with one attached hydrogen (secondary N) is 2. The number of para-hydroxylation sites is 2. The minimum atomic E-state index is -0.388. The topological polar surface area (TPSA) is 66.9 Å². The fourth-order valence-electron chi connectivity index (χ4n) is 2.40. The number of rotatable bonds is 4. The van der Waals surface area contributed by atoms with Gasteiger partial charge in [0.1, 0.15) is 17.3 Å². The van der Waals surface area contributed by atoms with E-state index in [-0.39, 0.29) is 17.4 Å². The predicted molar refractivity (Wildman–Crippen MR) is 95.6 cm³/mol. The number of hydrogen-bond acceptors (Lipinski definition) is 4. The SMILES string of the molecule is Cc1cccc(C)c1NC(=O)c1cnc(Nc2ccccc2F)cn1. The molecule has 0 spiro atoms. The van der Waals surface area contributed by atoms with E-state index < -0.39 is 0 Å². The molecule has 2 N–H and O–H groups in total. The zero-order valence-corrected chi connectivity index (χ0v) is 13.9. The highest BCUT2D eigenvalue weighted by molar-refractivity contribution is 6.03. The van der Waals surface area contributed by atoms with Gasteiger partial charge < -0.3 is 10.6 Å². The van der Waals surface area contributed by atoms with Crippen LogP contribution in [0.25, 0.3) is 0 Å². The molecule has 1 amide bonds. The van der Waals surface area contributed by atoms with E-state index in [0.717, 1.165) is 16.8 Å². The predicted octanol–water partition coefficient (Wildman–Crippen LogP) is 4.23. The Labute approximate surface area is 145 Å². The Bertz CT molecular complexity index is 889. The van der Waals surface area contributed by atoms with Crippen LogP contribution in [0.2, 0.25) is 0 Å². The van der Waals surface area contributed by atoms with Gasteiger partial charge in [0.25, 0.3) is 5.91 Å². The van der Waals surface area contributed by atoms with Crippen molar-refractivity contribution < 1.29 is 9.18 Å². The number of anilines is 3. The average Bonchev–Trinajstić information content (AvgIpc) is 2.61. The van der Waals surface area contributed by atoms with E-state index in [2.05, 4.69) is 20.6 Å². The maximum atomic E-state index is 13.6. The van der Waals surface area contributed by atoms with Crippen molar-refractivity contribution >= 4 is 23.1 Å². The van der Waals surface area contributed by atoms with Crippen molar-refractivity contribution in [2.45, 2.75) is 13.8 Å². The van der Waals surface area contributed by atoms with E-state index in [1.807, 2.05) is 32.0 Å². The average molecular weight is 336 g/mol. The number of hydrogen-bond donors (Lipinski definition) is 2. The van der Waals surface area contributed by atoms with Gasteiger partial charge in [0.15, 0.2) is 0 Å². The first-order chi connectivity index (χ1) is 12.0. The summed E-state index contributed by atoms with van der Waals surface area (Å²) in [6, 6.07) is 12.0. The molecule has 0 unspecified atom stereocenters. The van der Waals surface area contributed by atoms with Crippen LogP contribution in [0.5, 0.6) is 0 Å². The van der Waals surface area contributed by atoms with Crippen molar-refractivity contribution in [3.8, 4) is 0 Å². The molecule has 3 rings (SSSR count). The Morgan fingerprint density at radius 3 is 2.32 bits per heavy atom. The van der Waals surface area contributed by atoms with Crippen LogP contribution < -0.4 is 10.6 Å². The van der Waals surface area contributed by atoms with Gasteiger partial charge in [-0.2, -0.15) is 0 Å². The summed E-state index contributed by atoms with van der Waals surface area (Å²) in [5.41, 5.74) is 3.19. The molecule has 2 aromatic carbocycles. The van der Waals surface area contributed by atoms with E-state index >= 15 is 0 Å². The molecular formula is C19H17FN4O. The van der Waals surface area contributed by atoms with Crippen molar-refractivity contribution in [2.75, 3.05) is 10.6 Å². The summed E-state index contributed by atoms with van der Waals surface area (Å²) in [6.45, 7) is 3.85. The standard InChI is InChI=1S/C19H17FN4O/c1-12-6-5-7-13(2)18(12)24-19(25)16-10-22-17(11-21-16)23-15-9-4-3-8-14(15)20/h3-11H,1-2H3,(H,22,23)(H,24,25). The molecule has 0 radical (unpaired) electrons. The summed E-state index contributed by atoms with van der Waals surface area (Å²) in [7, 11) is 0. The molecule has 126 valence electrons. The minimum Gasteiger partial charge on any atom is -0.337 e. The molecule has 3 aromatic rings. The summed E-state index contributed by atoms with van der Waals surface area (Å²) in [5.74, 6) is -0.378. The second-order valence-electron chi connectivity index (χ2n) is 5.61. The molecule has 0 aliphatic heterocycles. The Morgan fingerprint density at radius 1 is 0.960 bits per heavy atom. The van der Waals surface area contributed by atoms with Gasteiger partial charge in [0.05, 0.1) is 18.1 Å². The van der Waals surface area contributed by atoms with Gasteiger partial charge in [0.2, 0.25) is 0 Å². The maximum absolute atomic E-state index is 13.6. The molecule has 0 fully saturated rings. The molecule has 1 aromatic heterocycles. The largest absolute Gasteiger partial charge is 0.337 e. The van der Waals surface area contributed by atoms with Crippen molar-refractivity contribution in [2.24, 2.45) is 0 Å². The van der Waals surface area contributed by atoms with E-state index in [9.17, 15) is 9.18 Å². The van der Waals surface area contributed by atoms with Crippen LogP contribution in [-0.2, 0) is 0 Å². The lowest BCUT2D eigenvalue weighted by Crippen LogP contribution is -2.15. The molecule has 6 heteroatoms. The van der Waals surface area contributed by atoms with E-state index in [1.165, 1.54) is 18.5 Å². The molecule has 25 heavy (non-hydrogen) atoms. The van der Waals surface area contributed by atoms with E-state index in [0.29, 0.717) is 11.5 Å². The molecular weight excluding hydrogens is 319 g/mol. The van der Waals surface area contributed by atoms with Gasteiger partial charge in [-0.3, -0.25) is 4.79 Å². The Kier molecular flexibility index (Phi) is 4.70. The fourth-order valence-corrected chi connectivity index (χ4v) is 2.40. The summed E-state index contributed by atoms with van der Waals surface area (Å²) in [6.07, 6.45) is 2.75. The first-order valence-electron chi connectivity index (χ1n) is 7.76. The van der Waals surface area contributed by atoms with Crippen LogP contribution >= 0.6 is 0 Å². The van der Waals surface area contributed by atoms with Crippen LogP contribution in [0, 0.1) is 19.7 Å². The maximum Gasteiger partial charge on any atom is 0.275 e. The van der Waals surface area contributed by atoms with Gasteiger partial charge in [-0.1, -0.05) is 30.3 Å². The molecule has 5 nitrogen and oxygen atoms in total. The van der Waals surface area contributed by atoms with Crippen LogP contribution in [0.4, 0.5) is 21.6 Å². The normalized spacial score (nSPS) is 10.4. The number of amides is 1. The highest BCUT2D eigenvalue weighted by atomic mass is 19.1. The number of halogens is 1. The molecule has 1 heterocycles. The monoisotopic (exact) mass is 336 g/mol. The number of nitrogens with zero attached hydrogens (tertiary/aromatic N) is 2. The molecule has 0 saturated carbocycles. The van der Waals surface area contributed by atoms with E-state index in [1.54, 1.807) is 18.2 Å². The van der Waals surface area contributed by atoms with Gasteiger partial charge >= 0.3 is 0 Å². The number of carbonyl (C=O) groups is 1. The third-order valence-corrected chi connectivity index (χ3v) is 3.74. The van der Waals surface area contributed by atoms with Crippen molar-refractivity contribution in [3.63, 3.8) is 0 Å². The van der Waals surface area contributed by atoms with Crippen molar-refractivity contribution in [3.05, 3.63) is 77.5 Å². The quantitative estimate of drug-likeness (QED) is 0.748. The molecule has 0 bridgehead atoms. The molecule has 0 aliphatic rings. The second-order valence-corrected chi connectivity index (χ2v) is 5.61. The summed E-state index contributed by atoms with van der Waals surface area (Å²) < 4.78 is 13.6. The number of carbonyl (C=O) groups excluding carboxylic acids is 1. The van der Waals surface area contributed by atoms with Crippen molar-refractivity contribution in [1.82, 2.24) is 9.97 Å². The highest BCUT2D eigenvalue weighted by Gasteiger charge is 2.12. The van der Waals surface area contributed by atoms with Crippen LogP contribution in [-0.4, -0.2) is 15.9 Å². The second kappa shape index (κ2) is 7.09. The molecule has 0 aliphatic carbocycles. The lowest BCUT2D eigenvalue weighted by atomic mass is 10.1. The van der Waals surface area contributed by atoms with Crippen LogP contribution in [0.15, 0.2) is 54.9 Å². The third kappa shape index (κ3) is 3.80. The Hall–Kier alpha value is -3.28. The van der Waals surface area contributed by atoms with Gasteiger partial charge in [-0.25, -0.2) is 14.4 Å². The Morgan fingerprint density at radius 2 is 1.68 bits per heavy atom. The van der Waals surface area contributed by atoms with Crippen LogP contribution in [0.3, 0.4) is 0 Å². The first kappa shape index (κ1) is 16.6. The van der Waals surface area contributed by atoms with Gasteiger partial charge in [-0.15, -0.1) is 0 Å². The van der Waals surface area contributed by atoms with Crippen molar-refractivity contribution in [1.29, 1.82) is 0 Å². The third-order valence-electron chi connectivity index (χ3n) is 3.74. The highest BCUT2D eigenvalue weighted by Crippen LogP contribution is 2.20. The molecule has 0 saturated heterocycles. The number of benzene rings is 2. The van der Waals surface area contributed by atoms with Gasteiger partial charge in [-0.05, 0) is 37.1 Å². The lowest BCUT2D eigenvalue weighted by Gasteiger charge is -2.11. The lowest BCUT2D eigenvalue weighted by molar-refractivity contribution is 0.102. The smallest absolute Gasteiger partial charge is 0.275 e. The summed E-state index contributed by atoms with van der Waals surface area (Å²) in [4.78, 5) is 20.6. The van der Waals surface area contributed by atoms with Crippen LogP contribution in [0.1, 0.15) is 21.6 Å².